The molecule has 2 aromatic rings. The Morgan fingerprint density at radius 1 is 1.33 bits per heavy atom. The van der Waals surface area contributed by atoms with Crippen molar-refractivity contribution < 1.29 is 9.32 Å². The van der Waals surface area contributed by atoms with E-state index in [1.807, 2.05) is 41.3 Å². The van der Waals surface area contributed by atoms with Crippen LogP contribution in [0.5, 0.6) is 0 Å². The van der Waals surface area contributed by atoms with Gasteiger partial charge in [-0.25, -0.2) is 0 Å². The van der Waals surface area contributed by atoms with Crippen molar-refractivity contribution in [3.63, 3.8) is 0 Å². The number of carbonyl (C=O) groups excluding carboxylic acids is 1. The Morgan fingerprint density at radius 3 is 2.90 bits per heavy atom. The molecule has 0 aliphatic carbocycles. The van der Waals surface area contributed by atoms with Crippen LogP contribution < -0.4 is 0 Å². The van der Waals surface area contributed by atoms with Crippen LogP contribution in [0.2, 0.25) is 0 Å². The highest BCUT2D eigenvalue weighted by atomic mass is 16.5. The predicted molar refractivity (Wildman–Crippen MR) is 80.7 cm³/mol. The topological polar surface area (TPSA) is 46.3 Å². The van der Waals surface area contributed by atoms with Gasteiger partial charge in [-0.05, 0) is 26.2 Å². The molecule has 1 aromatic carbocycles. The van der Waals surface area contributed by atoms with Gasteiger partial charge in [0.15, 0.2) is 5.76 Å². The molecule has 110 valence electrons. The number of likely N-dealkylation sites (tertiary alicyclic amines) is 1. The van der Waals surface area contributed by atoms with Crippen molar-refractivity contribution >= 4 is 5.91 Å². The highest BCUT2D eigenvalue weighted by Gasteiger charge is 2.24. The molecule has 0 N–H and O–H groups in total. The van der Waals surface area contributed by atoms with Crippen LogP contribution in [0, 0.1) is 0 Å². The van der Waals surface area contributed by atoms with Crippen molar-refractivity contribution in [2.45, 2.75) is 38.6 Å². The van der Waals surface area contributed by atoms with Gasteiger partial charge in [-0.2, -0.15) is 0 Å². The van der Waals surface area contributed by atoms with Gasteiger partial charge in [0.25, 0.3) is 0 Å². The van der Waals surface area contributed by atoms with Crippen molar-refractivity contribution in [1.82, 2.24) is 10.1 Å². The zero-order chi connectivity index (χ0) is 14.7. The average molecular weight is 284 g/mol. The molecule has 4 heteroatoms. The maximum atomic E-state index is 12.4. The first kappa shape index (κ1) is 13.9. The van der Waals surface area contributed by atoms with E-state index in [2.05, 4.69) is 12.1 Å². The number of amides is 1. The summed E-state index contributed by atoms with van der Waals surface area (Å²) in [7, 11) is 0. The summed E-state index contributed by atoms with van der Waals surface area (Å²) in [5, 5.41) is 4.03. The van der Waals surface area contributed by atoms with Gasteiger partial charge in [0.1, 0.15) is 0 Å². The van der Waals surface area contributed by atoms with Crippen LogP contribution in [0.3, 0.4) is 0 Å². The predicted octanol–water partition coefficient (Wildman–Crippen LogP) is 3.29. The van der Waals surface area contributed by atoms with Crippen LogP contribution in [0.4, 0.5) is 0 Å². The minimum Gasteiger partial charge on any atom is -0.356 e. The van der Waals surface area contributed by atoms with E-state index in [1.54, 1.807) is 0 Å². The van der Waals surface area contributed by atoms with Crippen molar-refractivity contribution in [3.8, 4) is 11.3 Å². The Morgan fingerprint density at radius 2 is 2.14 bits per heavy atom. The molecule has 1 aliphatic heterocycles. The third-order valence-electron chi connectivity index (χ3n) is 4.07. The van der Waals surface area contributed by atoms with Gasteiger partial charge in [0, 0.05) is 24.2 Å². The molecule has 0 radical (unpaired) electrons. The number of rotatable bonds is 3. The standard InChI is InChI=1S/C17H20N2O2/c1-13-7-5-6-10-19(13)17(20)12-15-11-16(21-18-15)14-8-3-2-4-9-14/h2-4,8-9,11,13H,5-7,10,12H2,1H3/t13-/m1/s1. The lowest BCUT2D eigenvalue weighted by Crippen LogP contribution is -2.42. The number of aromatic nitrogens is 1. The average Bonchev–Trinajstić information content (AvgIpc) is 2.97. The normalized spacial score (nSPS) is 18.7. The van der Waals surface area contributed by atoms with Crippen LogP contribution >= 0.6 is 0 Å². The lowest BCUT2D eigenvalue weighted by atomic mass is 10.0. The molecule has 1 saturated heterocycles. The second-order valence-electron chi connectivity index (χ2n) is 5.66. The van der Waals surface area contributed by atoms with Gasteiger partial charge in [-0.3, -0.25) is 4.79 Å². The van der Waals surface area contributed by atoms with E-state index in [1.165, 1.54) is 6.42 Å². The first-order valence-corrected chi connectivity index (χ1v) is 7.54. The van der Waals surface area contributed by atoms with E-state index in [0.717, 1.165) is 24.9 Å². The maximum absolute atomic E-state index is 12.4. The number of hydrogen-bond acceptors (Lipinski definition) is 3. The Hall–Kier alpha value is -2.10. The molecule has 3 rings (SSSR count). The monoisotopic (exact) mass is 284 g/mol. The Balaban J connectivity index is 1.68. The highest BCUT2D eigenvalue weighted by Crippen LogP contribution is 2.21. The fraction of sp³-hybridized carbons (Fsp3) is 0.412. The lowest BCUT2D eigenvalue weighted by Gasteiger charge is -2.33. The van der Waals surface area contributed by atoms with E-state index < -0.39 is 0 Å². The van der Waals surface area contributed by atoms with Crippen molar-refractivity contribution in [2.75, 3.05) is 6.54 Å². The summed E-state index contributed by atoms with van der Waals surface area (Å²) in [5.41, 5.74) is 1.69. The van der Waals surface area contributed by atoms with E-state index in [0.29, 0.717) is 23.9 Å². The van der Waals surface area contributed by atoms with Gasteiger partial charge >= 0.3 is 0 Å². The number of piperidine rings is 1. The summed E-state index contributed by atoms with van der Waals surface area (Å²) < 4.78 is 5.35. The van der Waals surface area contributed by atoms with Crippen molar-refractivity contribution in [2.24, 2.45) is 0 Å². The van der Waals surface area contributed by atoms with Crippen molar-refractivity contribution in [3.05, 3.63) is 42.1 Å². The molecule has 0 unspecified atom stereocenters. The van der Waals surface area contributed by atoms with Gasteiger partial charge in [-0.1, -0.05) is 35.5 Å². The van der Waals surface area contributed by atoms with Crippen LogP contribution in [0.15, 0.2) is 40.9 Å². The molecule has 1 aromatic heterocycles. The Kier molecular flexibility index (Phi) is 4.04. The molecular weight excluding hydrogens is 264 g/mol. The van der Waals surface area contributed by atoms with Gasteiger partial charge < -0.3 is 9.42 Å². The Labute approximate surface area is 124 Å². The molecule has 21 heavy (non-hydrogen) atoms. The first-order valence-electron chi connectivity index (χ1n) is 7.54. The minimum atomic E-state index is 0.148. The molecule has 1 amide bonds. The van der Waals surface area contributed by atoms with Crippen molar-refractivity contribution in [1.29, 1.82) is 0 Å². The highest BCUT2D eigenvalue weighted by molar-refractivity contribution is 5.79. The van der Waals surface area contributed by atoms with Crippen LogP contribution in [-0.4, -0.2) is 28.6 Å². The lowest BCUT2D eigenvalue weighted by molar-refractivity contribution is -0.133. The van der Waals surface area contributed by atoms with E-state index in [9.17, 15) is 4.79 Å². The fourth-order valence-electron chi connectivity index (χ4n) is 2.86. The summed E-state index contributed by atoms with van der Waals surface area (Å²) in [5.74, 6) is 0.861. The van der Waals surface area contributed by atoms with E-state index in [-0.39, 0.29) is 5.91 Å². The summed E-state index contributed by atoms with van der Waals surface area (Å²) in [4.78, 5) is 14.3. The van der Waals surface area contributed by atoms with Gasteiger partial charge in [-0.15, -0.1) is 0 Å². The second-order valence-corrected chi connectivity index (χ2v) is 5.66. The number of benzene rings is 1. The Bertz CT molecular complexity index is 606. The SMILES string of the molecule is C[C@@H]1CCCCN1C(=O)Cc1cc(-c2ccccc2)on1. The molecule has 1 aliphatic rings. The zero-order valence-electron chi connectivity index (χ0n) is 12.3. The van der Waals surface area contributed by atoms with Crippen LogP contribution in [-0.2, 0) is 11.2 Å². The largest absolute Gasteiger partial charge is 0.356 e. The molecule has 1 atom stereocenters. The van der Waals surface area contributed by atoms with Crippen LogP contribution in [0.25, 0.3) is 11.3 Å². The molecule has 4 nitrogen and oxygen atoms in total. The fourth-order valence-corrected chi connectivity index (χ4v) is 2.86. The quantitative estimate of drug-likeness (QED) is 0.869. The zero-order valence-corrected chi connectivity index (χ0v) is 12.3. The number of hydrogen-bond donors (Lipinski definition) is 0. The molecule has 0 saturated carbocycles. The molecule has 1 fully saturated rings. The van der Waals surface area contributed by atoms with Gasteiger partial charge in [0.2, 0.25) is 5.91 Å². The minimum absolute atomic E-state index is 0.148. The molecule has 2 heterocycles. The number of nitrogens with zero attached hydrogens (tertiary/aromatic N) is 2. The van der Waals surface area contributed by atoms with Crippen LogP contribution in [0.1, 0.15) is 31.9 Å². The summed E-state index contributed by atoms with van der Waals surface area (Å²) >= 11 is 0. The molecule has 0 spiro atoms. The molecular formula is C17H20N2O2. The number of carbonyl (C=O) groups is 1. The van der Waals surface area contributed by atoms with Gasteiger partial charge in [0.05, 0.1) is 12.1 Å². The third-order valence-corrected chi connectivity index (χ3v) is 4.07. The molecule has 0 bridgehead atoms. The third kappa shape index (κ3) is 3.15. The summed E-state index contributed by atoms with van der Waals surface area (Å²) in [6.45, 7) is 2.98. The maximum Gasteiger partial charge on any atom is 0.228 e. The van der Waals surface area contributed by atoms with E-state index >= 15 is 0 Å². The first-order chi connectivity index (χ1) is 10.2. The summed E-state index contributed by atoms with van der Waals surface area (Å²) in [6.07, 6.45) is 3.73. The van der Waals surface area contributed by atoms with E-state index in [4.69, 9.17) is 4.52 Å². The second kappa shape index (κ2) is 6.12. The summed E-state index contributed by atoms with van der Waals surface area (Å²) in [6, 6.07) is 12.0. The smallest absolute Gasteiger partial charge is 0.228 e.